The number of aliphatic hydroxyl groups excluding tert-OH is 1. The molecule has 0 aromatic heterocycles. The first kappa shape index (κ1) is 18.6. The second kappa shape index (κ2) is 7.73. The summed E-state index contributed by atoms with van der Waals surface area (Å²) in [5.74, 6) is -1.18. The molecular formula is C20H21F2N3O3. The Bertz CT molecular complexity index is 853. The number of benzene rings is 2. The van der Waals surface area contributed by atoms with Crippen LogP contribution in [0.5, 0.6) is 11.5 Å². The van der Waals surface area contributed by atoms with Crippen molar-refractivity contribution in [1.29, 1.82) is 0 Å². The average Bonchev–Trinajstić information content (AvgIpc) is 3.00. The molecule has 8 heteroatoms. The molecule has 148 valence electrons. The van der Waals surface area contributed by atoms with E-state index in [4.69, 9.17) is 4.74 Å². The van der Waals surface area contributed by atoms with Gasteiger partial charge >= 0.3 is 6.03 Å². The average molecular weight is 389 g/mol. The van der Waals surface area contributed by atoms with Crippen LogP contribution in [0.25, 0.3) is 0 Å². The SMILES string of the molecule is O=C(Nc1ccccc1Oc1cc(F)cc(F)c1)N1CC(N2CC[C@@H](O)C2)C1. The number of likely N-dealkylation sites (tertiary alicyclic amines) is 2. The molecule has 0 aliphatic carbocycles. The Labute approximate surface area is 161 Å². The van der Waals surface area contributed by atoms with Crippen LogP contribution in [0, 0.1) is 11.6 Å². The second-order valence-corrected chi connectivity index (χ2v) is 7.13. The van der Waals surface area contributed by atoms with Crippen LogP contribution in [-0.4, -0.2) is 59.3 Å². The molecule has 6 nitrogen and oxygen atoms in total. The van der Waals surface area contributed by atoms with E-state index < -0.39 is 11.6 Å². The summed E-state index contributed by atoms with van der Waals surface area (Å²) in [5, 5.41) is 12.4. The minimum atomic E-state index is -0.741. The number of aliphatic hydroxyl groups is 1. The van der Waals surface area contributed by atoms with Gasteiger partial charge in [-0.1, -0.05) is 12.1 Å². The van der Waals surface area contributed by atoms with E-state index in [-0.39, 0.29) is 23.9 Å². The van der Waals surface area contributed by atoms with Crippen molar-refractivity contribution in [3.05, 3.63) is 54.1 Å². The standard InChI is InChI=1S/C20H21F2N3O3/c21-13-7-14(22)9-17(8-13)28-19-4-2-1-3-18(19)23-20(27)25-10-15(11-25)24-6-5-16(26)12-24/h1-4,7-9,15-16,26H,5-6,10-12H2,(H,23,27)/t16-/m1/s1. The van der Waals surface area contributed by atoms with Crippen LogP contribution in [0.15, 0.2) is 42.5 Å². The summed E-state index contributed by atoms with van der Waals surface area (Å²) in [4.78, 5) is 16.4. The molecule has 2 aliphatic rings. The third-order valence-corrected chi connectivity index (χ3v) is 5.05. The number of nitrogens with zero attached hydrogens (tertiary/aromatic N) is 2. The van der Waals surface area contributed by atoms with E-state index in [9.17, 15) is 18.7 Å². The monoisotopic (exact) mass is 389 g/mol. The zero-order chi connectivity index (χ0) is 19.7. The second-order valence-electron chi connectivity index (χ2n) is 7.13. The van der Waals surface area contributed by atoms with Gasteiger partial charge in [0.15, 0.2) is 5.75 Å². The number of carbonyl (C=O) groups is 1. The first-order valence-corrected chi connectivity index (χ1v) is 9.19. The largest absolute Gasteiger partial charge is 0.455 e. The van der Waals surface area contributed by atoms with Crippen LogP contribution >= 0.6 is 0 Å². The van der Waals surface area contributed by atoms with Crippen molar-refractivity contribution in [2.24, 2.45) is 0 Å². The van der Waals surface area contributed by atoms with Crippen molar-refractivity contribution in [3.63, 3.8) is 0 Å². The molecule has 0 spiro atoms. The molecule has 2 fully saturated rings. The number of hydrogen-bond acceptors (Lipinski definition) is 4. The maximum absolute atomic E-state index is 13.4. The van der Waals surface area contributed by atoms with E-state index in [1.807, 2.05) is 0 Å². The van der Waals surface area contributed by atoms with Crippen LogP contribution < -0.4 is 10.1 Å². The summed E-state index contributed by atoms with van der Waals surface area (Å²) in [6, 6.07) is 9.64. The molecule has 0 bridgehead atoms. The summed E-state index contributed by atoms with van der Waals surface area (Å²) in [6.07, 6.45) is 0.494. The number of carbonyl (C=O) groups excluding carboxylic acids is 1. The maximum atomic E-state index is 13.4. The fourth-order valence-electron chi connectivity index (χ4n) is 3.52. The minimum Gasteiger partial charge on any atom is -0.455 e. The smallest absolute Gasteiger partial charge is 0.322 e. The number of amides is 2. The molecule has 2 heterocycles. The molecule has 0 radical (unpaired) electrons. The first-order valence-electron chi connectivity index (χ1n) is 9.19. The Morgan fingerprint density at radius 1 is 1.11 bits per heavy atom. The number of hydrogen-bond donors (Lipinski definition) is 2. The lowest BCUT2D eigenvalue weighted by atomic mass is 10.1. The van der Waals surface area contributed by atoms with Gasteiger partial charge in [-0.05, 0) is 18.6 Å². The van der Waals surface area contributed by atoms with Crippen LogP contribution in [0.2, 0.25) is 0 Å². The quantitative estimate of drug-likeness (QED) is 0.844. The minimum absolute atomic E-state index is 0.0100. The Kier molecular flexibility index (Phi) is 5.15. The van der Waals surface area contributed by atoms with E-state index >= 15 is 0 Å². The van der Waals surface area contributed by atoms with E-state index in [2.05, 4.69) is 10.2 Å². The van der Waals surface area contributed by atoms with Crippen molar-refractivity contribution < 1.29 is 23.4 Å². The van der Waals surface area contributed by atoms with Crippen molar-refractivity contribution in [1.82, 2.24) is 9.80 Å². The van der Waals surface area contributed by atoms with Gasteiger partial charge in [-0.25, -0.2) is 13.6 Å². The van der Waals surface area contributed by atoms with Gasteiger partial charge in [-0.2, -0.15) is 0 Å². The third-order valence-electron chi connectivity index (χ3n) is 5.05. The number of para-hydroxylation sites is 2. The molecule has 2 amide bonds. The lowest BCUT2D eigenvalue weighted by molar-refractivity contribution is 0.0669. The third kappa shape index (κ3) is 4.07. The Balaban J connectivity index is 1.38. The van der Waals surface area contributed by atoms with E-state index in [1.54, 1.807) is 29.2 Å². The summed E-state index contributed by atoms with van der Waals surface area (Å²) in [5.41, 5.74) is 0.414. The van der Waals surface area contributed by atoms with E-state index in [1.165, 1.54) is 0 Å². The van der Waals surface area contributed by atoms with Crippen LogP contribution in [0.1, 0.15) is 6.42 Å². The first-order chi connectivity index (χ1) is 13.5. The molecule has 2 aromatic rings. The summed E-state index contributed by atoms with van der Waals surface area (Å²) in [6.45, 7) is 2.69. The topological polar surface area (TPSA) is 65.0 Å². The lowest BCUT2D eigenvalue weighted by Gasteiger charge is -2.43. The summed E-state index contributed by atoms with van der Waals surface area (Å²) < 4.78 is 32.3. The van der Waals surface area contributed by atoms with Crippen LogP contribution in [0.3, 0.4) is 0 Å². The summed E-state index contributed by atoms with van der Waals surface area (Å²) >= 11 is 0. The normalized spacial score (nSPS) is 20.1. The molecule has 2 saturated heterocycles. The zero-order valence-electron chi connectivity index (χ0n) is 15.1. The Hall–Kier alpha value is -2.71. The van der Waals surface area contributed by atoms with Gasteiger partial charge in [-0.15, -0.1) is 0 Å². The zero-order valence-corrected chi connectivity index (χ0v) is 15.1. The number of ether oxygens (including phenoxy) is 1. The van der Waals surface area contributed by atoms with E-state index in [0.29, 0.717) is 31.1 Å². The van der Waals surface area contributed by atoms with Gasteiger partial charge in [0.2, 0.25) is 0 Å². The van der Waals surface area contributed by atoms with Gasteiger partial charge in [0, 0.05) is 50.4 Å². The van der Waals surface area contributed by atoms with Gasteiger partial charge < -0.3 is 20.1 Å². The van der Waals surface area contributed by atoms with Crippen molar-refractivity contribution >= 4 is 11.7 Å². The molecule has 4 rings (SSSR count). The number of rotatable bonds is 4. The molecular weight excluding hydrogens is 368 g/mol. The van der Waals surface area contributed by atoms with Crippen molar-refractivity contribution in [2.45, 2.75) is 18.6 Å². The van der Waals surface area contributed by atoms with Crippen molar-refractivity contribution in [3.8, 4) is 11.5 Å². The highest BCUT2D eigenvalue weighted by molar-refractivity contribution is 5.91. The van der Waals surface area contributed by atoms with Gasteiger partial charge in [-0.3, -0.25) is 4.90 Å². The molecule has 28 heavy (non-hydrogen) atoms. The van der Waals surface area contributed by atoms with Crippen molar-refractivity contribution in [2.75, 3.05) is 31.5 Å². The highest BCUT2D eigenvalue weighted by Gasteiger charge is 2.37. The fraction of sp³-hybridized carbons (Fsp3) is 0.350. The Morgan fingerprint density at radius 3 is 2.50 bits per heavy atom. The highest BCUT2D eigenvalue weighted by atomic mass is 19.1. The molecule has 2 aromatic carbocycles. The van der Waals surface area contributed by atoms with Crippen LogP contribution in [-0.2, 0) is 0 Å². The number of halogens is 2. The molecule has 0 unspecified atom stereocenters. The fourth-order valence-corrected chi connectivity index (χ4v) is 3.52. The maximum Gasteiger partial charge on any atom is 0.322 e. The van der Waals surface area contributed by atoms with E-state index in [0.717, 1.165) is 31.2 Å². The van der Waals surface area contributed by atoms with Gasteiger partial charge in [0.25, 0.3) is 0 Å². The lowest BCUT2D eigenvalue weighted by Crippen LogP contribution is -2.61. The number of nitrogens with one attached hydrogen (secondary N) is 1. The number of urea groups is 1. The predicted octanol–water partition coefficient (Wildman–Crippen LogP) is 3.04. The summed E-state index contributed by atoms with van der Waals surface area (Å²) in [7, 11) is 0. The molecule has 1 atom stereocenters. The molecule has 0 saturated carbocycles. The van der Waals surface area contributed by atoms with Crippen LogP contribution in [0.4, 0.5) is 19.3 Å². The molecule has 2 aliphatic heterocycles. The van der Waals surface area contributed by atoms with Gasteiger partial charge in [0.05, 0.1) is 11.8 Å². The number of anilines is 1. The molecule has 2 N–H and O–H groups in total. The highest BCUT2D eigenvalue weighted by Crippen LogP contribution is 2.31. The number of β-amino-alcohol motifs (C(OH)–C–C–N with tert-alkyl or cyclic N) is 1. The van der Waals surface area contributed by atoms with Gasteiger partial charge in [0.1, 0.15) is 17.4 Å². The predicted molar refractivity (Wildman–Crippen MR) is 99.5 cm³/mol. The Morgan fingerprint density at radius 2 is 1.82 bits per heavy atom.